The molecule has 0 aliphatic rings. The zero-order chi connectivity index (χ0) is 10.3. The maximum atomic E-state index is 9.35. The highest BCUT2D eigenvalue weighted by Gasteiger charge is 2.13. The normalized spacial score (nSPS) is 14.2. The SMILES string of the molecule is C=CCOCC(O)COC(C)(C)C. The van der Waals surface area contributed by atoms with Crippen molar-refractivity contribution in [2.24, 2.45) is 0 Å². The fraction of sp³-hybridized carbons (Fsp3) is 0.800. The van der Waals surface area contributed by atoms with Gasteiger partial charge in [0, 0.05) is 0 Å². The van der Waals surface area contributed by atoms with Crippen molar-refractivity contribution in [3.8, 4) is 0 Å². The summed E-state index contributed by atoms with van der Waals surface area (Å²) in [5.41, 5.74) is -0.209. The summed E-state index contributed by atoms with van der Waals surface area (Å²) >= 11 is 0. The zero-order valence-corrected chi connectivity index (χ0v) is 8.75. The number of hydrogen-bond donors (Lipinski definition) is 1. The van der Waals surface area contributed by atoms with Crippen LogP contribution in [0.1, 0.15) is 20.8 Å². The van der Waals surface area contributed by atoms with E-state index in [0.717, 1.165) is 0 Å². The van der Waals surface area contributed by atoms with Gasteiger partial charge in [-0.2, -0.15) is 0 Å². The Kier molecular flexibility index (Phi) is 5.95. The van der Waals surface area contributed by atoms with E-state index in [2.05, 4.69) is 6.58 Å². The van der Waals surface area contributed by atoms with Crippen molar-refractivity contribution in [2.75, 3.05) is 19.8 Å². The lowest BCUT2D eigenvalue weighted by atomic mass is 10.2. The molecule has 0 radical (unpaired) electrons. The highest BCUT2D eigenvalue weighted by molar-refractivity contribution is 4.65. The molecule has 0 bridgehead atoms. The van der Waals surface area contributed by atoms with Crippen molar-refractivity contribution in [1.82, 2.24) is 0 Å². The monoisotopic (exact) mass is 188 g/mol. The smallest absolute Gasteiger partial charge is 0.101 e. The second-order valence-corrected chi connectivity index (χ2v) is 3.90. The number of aliphatic hydroxyl groups excluding tert-OH is 1. The van der Waals surface area contributed by atoms with Gasteiger partial charge in [-0.25, -0.2) is 0 Å². The average Bonchev–Trinajstić information content (AvgIpc) is 2.00. The maximum absolute atomic E-state index is 9.35. The molecule has 0 aromatic carbocycles. The van der Waals surface area contributed by atoms with Crippen LogP contribution >= 0.6 is 0 Å². The largest absolute Gasteiger partial charge is 0.388 e. The highest BCUT2D eigenvalue weighted by atomic mass is 16.5. The Morgan fingerprint density at radius 2 is 2.00 bits per heavy atom. The van der Waals surface area contributed by atoms with Crippen LogP contribution in [0.3, 0.4) is 0 Å². The minimum absolute atomic E-state index is 0.209. The number of rotatable bonds is 6. The third-order valence-corrected chi connectivity index (χ3v) is 1.25. The van der Waals surface area contributed by atoms with Crippen molar-refractivity contribution in [3.05, 3.63) is 12.7 Å². The van der Waals surface area contributed by atoms with Crippen LogP contribution in [0.5, 0.6) is 0 Å². The topological polar surface area (TPSA) is 38.7 Å². The molecule has 0 fully saturated rings. The second-order valence-electron chi connectivity index (χ2n) is 3.90. The van der Waals surface area contributed by atoms with Gasteiger partial charge in [-0.05, 0) is 20.8 Å². The van der Waals surface area contributed by atoms with Gasteiger partial charge in [0.1, 0.15) is 6.10 Å². The van der Waals surface area contributed by atoms with Crippen LogP contribution in [-0.4, -0.2) is 36.6 Å². The first-order chi connectivity index (χ1) is 5.95. The van der Waals surface area contributed by atoms with Crippen LogP contribution in [0.4, 0.5) is 0 Å². The van der Waals surface area contributed by atoms with E-state index in [9.17, 15) is 5.11 Å². The maximum Gasteiger partial charge on any atom is 0.101 e. The lowest BCUT2D eigenvalue weighted by Crippen LogP contribution is -2.28. The Labute approximate surface area is 80.4 Å². The minimum atomic E-state index is -0.556. The van der Waals surface area contributed by atoms with Gasteiger partial charge in [-0.3, -0.25) is 0 Å². The van der Waals surface area contributed by atoms with Crippen LogP contribution in [0.15, 0.2) is 12.7 Å². The zero-order valence-electron chi connectivity index (χ0n) is 8.75. The van der Waals surface area contributed by atoms with Crippen LogP contribution in [0, 0.1) is 0 Å². The van der Waals surface area contributed by atoms with Crippen molar-refractivity contribution >= 4 is 0 Å². The van der Waals surface area contributed by atoms with Crippen LogP contribution < -0.4 is 0 Å². The van der Waals surface area contributed by atoms with Gasteiger partial charge in [0.25, 0.3) is 0 Å². The molecule has 3 heteroatoms. The van der Waals surface area contributed by atoms with E-state index >= 15 is 0 Å². The number of ether oxygens (including phenoxy) is 2. The van der Waals surface area contributed by atoms with Crippen LogP contribution in [0.2, 0.25) is 0 Å². The van der Waals surface area contributed by atoms with Crippen LogP contribution in [0.25, 0.3) is 0 Å². The van der Waals surface area contributed by atoms with Gasteiger partial charge in [-0.15, -0.1) is 6.58 Å². The summed E-state index contributed by atoms with van der Waals surface area (Å²) < 4.78 is 10.4. The molecule has 1 atom stereocenters. The first-order valence-corrected chi connectivity index (χ1v) is 4.46. The first-order valence-electron chi connectivity index (χ1n) is 4.46. The molecule has 1 N–H and O–H groups in total. The van der Waals surface area contributed by atoms with E-state index in [1.165, 1.54) is 0 Å². The van der Waals surface area contributed by atoms with Gasteiger partial charge in [-0.1, -0.05) is 6.08 Å². The summed E-state index contributed by atoms with van der Waals surface area (Å²) in [5, 5.41) is 9.35. The van der Waals surface area contributed by atoms with Crippen molar-refractivity contribution in [3.63, 3.8) is 0 Å². The molecule has 13 heavy (non-hydrogen) atoms. The van der Waals surface area contributed by atoms with Gasteiger partial charge in [0.15, 0.2) is 0 Å². The molecule has 0 aromatic heterocycles. The Bertz CT molecular complexity index is 138. The predicted octanol–water partition coefficient (Wildman–Crippen LogP) is 1.36. The molecule has 1 unspecified atom stereocenters. The van der Waals surface area contributed by atoms with E-state index in [4.69, 9.17) is 9.47 Å². The molecule has 0 saturated heterocycles. The molecule has 0 amide bonds. The molecule has 0 spiro atoms. The molecule has 78 valence electrons. The van der Waals surface area contributed by atoms with Gasteiger partial charge < -0.3 is 14.6 Å². The first kappa shape index (κ1) is 12.6. The fourth-order valence-corrected chi connectivity index (χ4v) is 0.682. The molecule has 0 aliphatic heterocycles. The van der Waals surface area contributed by atoms with Crippen molar-refractivity contribution < 1.29 is 14.6 Å². The third-order valence-electron chi connectivity index (χ3n) is 1.25. The third kappa shape index (κ3) is 9.53. The Hall–Kier alpha value is -0.380. The molecule has 0 rings (SSSR count). The Morgan fingerprint density at radius 3 is 2.46 bits per heavy atom. The Balaban J connectivity index is 3.40. The number of aliphatic hydroxyl groups is 1. The summed E-state index contributed by atoms with van der Waals surface area (Å²) in [6.45, 7) is 10.4. The molecule has 3 nitrogen and oxygen atoms in total. The number of hydrogen-bond acceptors (Lipinski definition) is 3. The van der Waals surface area contributed by atoms with Gasteiger partial charge in [0.05, 0.1) is 25.4 Å². The minimum Gasteiger partial charge on any atom is -0.388 e. The summed E-state index contributed by atoms with van der Waals surface area (Å²) in [6.07, 6.45) is 1.09. The average molecular weight is 188 g/mol. The van der Waals surface area contributed by atoms with Crippen molar-refractivity contribution in [1.29, 1.82) is 0 Å². The summed E-state index contributed by atoms with van der Waals surface area (Å²) in [5.74, 6) is 0. The molecular weight excluding hydrogens is 168 g/mol. The van der Waals surface area contributed by atoms with Gasteiger partial charge >= 0.3 is 0 Å². The fourth-order valence-electron chi connectivity index (χ4n) is 0.682. The molecule has 0 aliphatic carbocycles. The Morgan fingerprint density at radius 1 is 1.38 bits per heavy atom. The van der Waals surface area contributed by atoms with E-state index in [1.54, 1.807) is 6.08 Å². The highest BCUT2D eigenvalue weighted by Crippen LogP contribution is 2.06. The van der Waals surface area contributed by atoms with E-state index < -0.39 is 6.10 Å². The predicted molar refractivity (Wildman–Crippen MR) is 52.7 cm³/mol. The van der Waals surface area contributed by atoms with Gasteiger partial charge in [0.2, 0.25) is 0 Å². The molecule has 0 aromatic rings. The molecule has 0 heterocycles. The summed E-state index contributed by atoms with van der Waals surface area (Å²) in [7, 11) is 0. The second kappa shape index (κ2) is 6.13. The van der Waals surface area contributed by atoms with Crippen LogP contribution in [-0.2, 0) is 9.47 Å². The quantitative estimate of drug-likeness (QED) is 0.505. The lowest BCUT2D eigenvalue weighted by molar-refractivity contribution is -0.0689. The van der Waals surface area contributed by atoms with Crippen molar-refractivity contribution in [2.45, 2.75) is 32.5 Å². The lowest BCUT2D eigenvalue weighted by Gasteiger charge is -2.21. The molecule has 0 saturated carbocycles. The standard InChI is InChI=1S/C10H20O3/c1-5-6-12-7-9(11)8-13-10(2,3)4/h5,9,11H,1,6-8H2,2-4H3. The van der Waals surface area contributed by atoms with E-state index in [-0.39, 0.29) is 5.60 Å². The van der Waals surface area contributed by atoms with E-state index in [1.807, 2.05) is 20.8 Å². The molecular formula is C10H20O3. The summed E-state index contributed by atoms with van der Waals surface area (Å²) in [6, 6.07) is 0. The summed E-state index contributed by atoms with van der Waals surface area (Å²) in [4.78, 5) is 0. The van der Waals surface area contributed by atoms with E-state index in [0.29, 0.717) is 19.8 Å².